The van der Waals surface area contributed by atoms with E-state index in [1.54, 1.807) is 27.7 Å². The number of rotatable bonds is 43. The molecule has 0 aliphatic carbocycles. The van der Waals surface area contributed by atoms with Crippen LogP contribution < -0.4 is 111 Å². The van der Waals surface area contributed by atoms with Crippen molar-refractivity contribution in [3.63, 3.8) is 0 Å². The second-order valence-electron chi connectivity index (χ2n) is 21.0. The van der Waals surface area contributed by atoms with Crippen molar-refractivity contribution in [2.75, 3.05) is 39.3 Å². The zero-order valence-electron chi connectivity index (χ0n) is 49.6. The summed E-state index contributed by atoms with van der Waals surface area (Å²) in [6, 6.07) is -9.79. The van der Waals surface area contributed by atoms with Crippen LogP contribution in [0.15, 0.2) is 25.0 Å². The monoisotopic (exact) mass is 1190 g/mol. The molecule has 0 spiro atoms. The maximum atomic E-state index is 14.4. The average molecular weight is 1190 g/mol. The van der Waals surface area contributed by atoms with E-state index in [-0.39, 0.29) is 145 Å². The van der Waals surface area contributed by atoms with Gasteiger partial charge in [0, 0.05) is 32.7 Å². The van der Waals surface area contributed by atoms with Crippen LogP contribution in [-0.4, -0.2) is 171 Å². The normalized spacial score (nSPS) is 14.1. The second-order valence-corrected chi connectivity index (χ2v) is 21.0. The van der Waals surface area contributed by atoms with Gasteiger partial charge in [-0.1, -0.05) is 48.0 Å². The highest BCUT2D eigenvalue weighted by molar-refractivity contribution is 5.98. The van der Waals surface area contributed by atoms with Gasteiger partial charge in [0.05, 0.1) is 12.6 Å². The molecule has 0 unspecified atom stereocenters. The number of nitrogens with one attached hydrogen (secondary N) is 8. The van der Waals surface area contributed by atoms with Crippen molar-refractivity contribution in [2.24, 2.45) is 112 Å². The van der Waals surface area contributed by atoms with Gasteiger partial charge in [0.25, 0.3) is 0 Å². The molecular formula is C50H99N25O9. The van der Waals surface area contributed by atoms with Crippen LogP contribution >= 0.6 is 0 Å². The van der Waals surface area contributed by atoms with E-state index in [0.717, 1.165) is 0 Å². The van der Waals surface area contributed by atoms with Crippen molar-refractivity contribution < 1.29 is 43.2 Å². The Morgan fingerprint density at radius 2 is 0.667 bits per heavy atom. The van der Waals surface area contributed by atoms with Crippen molar-refractivity contribution in [1.29, 1.82) is 0 Å². The fraction of sp³-hybridized carbons (Fsp3) is 0.720. The zero-order valence-corrected chi connectivity index (χ0v) is 49.6. The maximum absolute atomic E-state index is 14.4. The van der Waals surface area contributed by atoms with Gasteiger partial charge in [0.15, 0.2) is 29.8 Å². The number of primary amides is 1. The summed E-state index contributed by atoms with van der Waals surface area (Å²) in [5, 5.41) is 21.2. The lowest BCUT2D eigenvalue weighted by Crippen LogP contribution is -2.60. The van der Waals surface area contributed by atoms with Crippen molar-refractivity contribution >= 4 is 83.0 Å². The molecule has 0 saturated heterocycles. The fourth-order valence-electron chi connectivity index (χ4n) is 8.01. The highest BCUT2D eigenvalue weighted by Crippen LogP contribution is 2.14. The van der Waals surface area contributed by atoms with Crippen molar-refractivity contribution in [3.8, 4) is 0 Å². The van der Waals surface area contributed by atoms with Crippen LogP contribution in [0.1, 0.15) is 125 Å². The van der Waals surface area contributed by atoms with Gasteiger partial charge in [-0.05, 0) is 94.8 Å². The molecule has 0 aliphatic rings. The molecule has 0 rings (SSSR count). The number of guanidine groups is 5. The van der Waals surface area contributed by atoms with Crippen molar-refractivity contribution in [3.05, 3.63) is 0 Å². The molecule has 9 atom stereocenters. The van der Waals surface area contributed by atoms with Crippen LogP contribution in [0.25, 0.3) is 0 Å². The summed E-state index contributed by atoms with van der Waals surface area (Å²) in [7, 11) is 0. The summed E-state index contributed by atoms with van der Waals surface area (Å²) in [5.74, 6) is -8.74. The van der Waals surface area contributed by atoms with Gasteiger partial charge in [0.1, 0.15) is 42.3 Å². The molecule has 0 aromatic heterocycles. The highest BCUT2D eigenvalue weighted by atomic mass is 16.2. The number of carbonyl (C=O) groups excluding carboxylic acids is 9. The second kappa shape index (κ2) is 41.5. The Labute approximate surface area is 491 Å². The number of nitrogens with zero attached hydrogens (tertiary/aromatic N) is 5. The van der Waals surface area contributed by atoms with Gasteiger partial charge in [-0.15, -0.1) is 0 Å². The van der Waals surface area contributed by atoms with E-state index < -0.39 is 114 Å². The molecule has 0 bridgehead atoms. The summed E-state index contributed by atoms with van der Waals surface area (Å²) in [5.41, 5.74) is 66.3. The Kier molecular flexibility index (Phi) is 37.3. The number of hydrogen-bond acceptors (Lipinski definition) is 15. The minimum absolute atomic E-state index is 0.00934. The van der Waals surface area contributed by atoms with Gasteiger partial charge in [0.2, 0.25) is 53.2 Å². The molecule has 84 heavy (non-hydrogen) atoms. The van der Waals surface area contributed by atoms with Gasteiger partial charge in [-0.3, -0.25) is 68.1 Å². The molecule has 34 nitrogen and oxygen atoms in total. The molecule has 0 aliphatic heterocycles. The van der Waals surface area contributed by atoms with Gasteiger partial charge in [-0.25, -0.2) is 0 Å². The number of carbonyl (C=O) groups is 9. The SMILES string of the molecule is CC[C@@H](C)[C@@H](NC(=O)[C@@H](CCCN=C(N)N)NC(=O)[C@@H](CC(C)C)NC(=O)[C@@H](CCCN=C(N)N)NC(=O)[C@@H](CC(C)C)NC(=O)[C@H](N)CCCN=C(N)N)C(=O)NCC(=O)N[C@H](CCCN=C(N)N)C(=O)N[C@H](CCCN=C(N)N)C(N)=O. The van der Waals surface area contributed by atoms with Crippen LogP contribution in [0, 0.1) is 17.8 Å². The molecule has 32 N–H and O–H groups in total. The first-order valence-electron chi connectivity index (χ1n) is 28.1. The van der Waals surface area contributed by atoms with Gasteiger partial charge in [-0.2, -0.15) is 0 Å². The third-order valence-electron chi connectivity index (χ3n) is 12.6. The van der Waals surface area contributed by atoms with Crippen LogP contribution in [0.2, 0.25) is 0 Å². The lowest BCUT2D eigenvalue weighted by molar-refractivity contribution is -0.136. The molecule has 0 radical (unpaired) electrons. The Hall–Kier alpha value is -8.46. The van der Waals surface area contributed by atoms with Gasteiger partial charge >= 0.3 is 0 Å². The Balaban J connectivity index is 6.77. The average Bonchev–Trinajstić information content (AvgIpc) is 3.45. The standard InChI is InChI=1S/C50H99N25O9/c1-7-28(6)37(45(84)68-25-36(76)69-31(15-10-20-65-48(57)58)40(79)70-30(38(52)77)14-9-19-64-47(55)56)75-42(81)33(17-12-22-67-50(61)62)72-44(83)35(24-27(4)5)74-41(80)32(16-11-21-66-49(59)60)71-43(82)34(23-26(2)3)73-39(78)29(51)13-8-18-63-46(53)54/h26-35,37H,7-25,51H2,1-6H3,(H2,52,77)(H,68,84)(H,69,76)(H,70,79)(H,71,82)(H,72,83)(H,73,78)(H,74,80)(H,75,81)(H4,53,54,63)(H4,55,56,64)(H4,57,58,65)(H4,59,60,66)(H4,61,62,67)/t28-,29-,30-,31-,32-,33-,34-,35-,37-/m1/s1. The maximum Gasteiger partial charge on any atom is 0.243 e. The summed E-state index contributed by atoms with van der Waals surface area (Å²) >= 11 is 0. The van der Waals surface area contributed by atoms with E-state index in [1.165, 1.54) is 0 Å². The minimum atomic E-state index is -1.36. The van der Waals surface area contributed by atoms with Crippen LogP contribution in [0.5, 0.6) is 0 Å². The molecule has 0 aromatic rings. The van der Waals surface area contributed by atoms with E-state index in [1.807, 2.05) is 13.8 Å². The predicted octanol–water partition coefficient (Wildman–Crippen LogP) is -7.28. The minimum Gasteiger partial charge on any atom is -0.370 e. The third-order valence-corrected chi connectivity index (χ3v) is 12.6. The van der Waals surface area contributed by atoms with E-state index in [0.29, 0.717) is 12.8 Å². The summed E-state index contributed by atoms with van der Waals surface area (Å²) in [6.45, 7) is 10.6. The quantitative estimate of drug-likeness (QED) is 0.0153. The van der Waals surface area contributed by atoms with Crippen LogP contribution in [-0.2, 0) is 43.2 Å². The fourth-order valence-corrected chi connectivity index (χ4v) is 8.01. The topological polar surface area (TPSA) is 624 Å². The van der Waals surface area contributed by atoms with Gasteiger partial charge < -0.3 is 111 Å². The molecule has 0 saturated carbocycles. The highest BCUT2D eigenvalue weighted by Gasteiger charge is 2.35. The lowest BCUT2D eigenvalue weighted by Gasteiger charge is -2.29. The molecule has 9 amide bonds. The first-order valence-corrected chi connectivity index (χ1v) is 28.1. The molecular weight excluding hydrogens is 1090 g/mol. The van der Waals surface area contributed by atoms with E-state index in [4.69, 9.17) is 68.8 Å². The molecule has 478 valence electrons. The van der Waals surface area contributed by atoms with E-state index >= 15 is 0 Å². The van der Waals surface area contributed by atoms with Crippen LogP contribution in [0.3, 0.4) is 0 Å². The first kappa shape index (κ1) is 75.5. The summed E-state index contributed by atoms with van der Waals surface area (Å²) < 4.78 is 0. The molecule has 0 aromatic carbocycles. The summed E-state index contributed by atoms with van der Waals surface area (Å²) in [4.78, 5) is 143. The predicted molar refractivity (Wildman–Crippen MR) is 322 cm³/mol. The van der Waals surface area contributed by atoms with Crippen LogP contribution in [0.4, 0.5) is 0 Å². The van der Waals surface area contributed by atoms with E-state index in [2.05, 4.69) is 67.5 Å². The first-order chi connectivity index (χ1) is 39.4. The molecule has 34 heteroatoms. The Bertz CT molecular complexity index is 2260. The number of nitrogens with two attached hydrogens (primary N) is 12. The van der Waals surface area contributed by atoms with E-state index in [9.17, 15) is 43.2 Å². The third kappa shape index (κ3) is 34.7. The largest absolute Gasteiger partial charge is 0.370 e. The molecule has 0 heterocycles. The number of aliphatic imine (C=N–C) groups is 5. The number of hydrogen-bond donors (Lipinski definition) is 20. The van der Waals surface area contributed by atoms with Crippen molar-refractivity contribution in [1.82, 2.24) is 42.5 Å². The smallest absolute Gasteiger partial charge is 0.243 e. The Morgan fingerprint density at radius 3 is 1.01 bits per heavy atom. The molecule has 0 fully saturated rings. The van der Waals surface area contributed by atoms with Crippen molar-refractivity contribution in [2.45, 2.75) is 173 Å². The number of amides is 9. The summed E-state index contributed by atoms with van der Waals surface area (Å²) in [6.07, 6.45) is 1.93. The Morgan fingerprint density at radius 1 is 0.369 bits per heavy atom. The zero-order chi connectivity index (χ0) is 64.1. The lowest BCUT2D eigenvalue weighted by atomic mass is 9.97.